The van der Waals surface area contributed by atoms with Gasteiger partial charge in [-0.15, -0.1) is 0 Å². The highest BCUT2D eigenvalue weighted by atomic mass is 16.5. The third-order valence-electron chi connectivity index (χ3n) is 3.28. The van der Waals surface area contributed by atoms with E-state index in [0.29, 0.717) is 12.0 Å². The van der Waals surface area contributed by atoms with Gasteiger partial charge in [-0.1, -0.05) is 31.2 Å². The molecule has 0 radical (unpaired) electrons. The lowest BCUT2D eigenvalue weighted by Gasteiger charge is -2.01. The maximum Gasteiger partial charge on any atom is 0.309 e. The van der Waals surface area contributed by atoms with Gasteiger partial charge in [-0.25, -0.2) is 0 Å². The van der Waals surface area contributed by atoms with Crippen LogP contribution in [0, 0.1) is 11.8 Å². The molecule has 1 saturated carbocycles. The fourth-order valence-electron chi connectivity index (χ4n) is 2.02. The summed E-state index contributed by atoms with van der Waals surface area (Å²) in [5.41, 5.74) is 1.90. The fraction of sp³-hybridized carbons (Fsp3) is 0.429. The van der Waals surface area contributed by atoms with Crippen molar-refractivity contribution in [3.05, 3.63) is 35.4 Å². The van der Waals surface area contributed by atoms with Crippen molar-refractivity contribution in [2.75, 3.05) is 7.11 Å². The molecule has 0 heterocycles. The topological polar surface area (TPSA) is 43.4 Å². The molecule has 0 saturated heterocycles. The first kappa shape index (κ1) is 11.8. The van der Waals surface area contributed by atoms with Crippen LogP contribution in [0.1, 0.15) is 29.3 Å². The number of benzene rings is 1. The minimum absolute atomic E-state index is 0.0584. The Balaban J connectivity index is 2.04. The monoisotopic (exact) mass is 232 g/mol. The summed E-state index contributed by atoms with van der Waals surface area (Å²) in [5, 5.41) is 0. The predicted molar refractivity (Wildman–Crippen MR) is 63.8 cm³/mol. The van der Waals surface area contributed by atoms with Crippen LogP contribution < -0.4 is 0 Å². The molecule has 1 fully saturated rings. The highest BCUT2D eigenvalue weighted by molar-refractivity contribution is 6.02. The van der Waals surface area contributed by atoms with Crippen molar-refractivity contribution >= 4 is 11.8 Å². The standard InChI is InChI=1S/C14H16O3/c1-3-9-4-6-10(7-5-9)13(15)11-8-12(11)14(16)17-2/h4-7,11-12H,3,8H2,1-2H3. The number of hydrogen-bond acceptors (Lipinski definition) is 3. The van der Waals surface area contributed by atoms with Crippen molar-refractivity contribution < 1.29 is 14.3 Å². The van der Waals surface area contributed by atoms with Crippen LogP contribution in [0.3, 0.4) is 0 Å². The van der Waals surface area contributed by atoms with Gasteiger partial charge in [0.2, 0.25) is 0 Å². The van der Waals surface area contributed by atoms with Gasteiger partial charge in [-0.2, -0.15) is 0 Å². The van der Waals surface area contributed by atoms with E-state index in [1.807, 2.05) is 24.3 Å². The molecule has 17 heavy (non-hydrogen) atoms. The molecule has 3 nitrogen and oxygen atoms in total. The average Bonchev–Trinajstić information content (AvgIpc) is 3.17. The Morgan fingerprint density at radius 3 is 2.41 bits per heavy atom. The van der Waals surface area contributed by atoms with Crippen LogP contribution in [-0.2, 0) is 16.0 Å². The van der Waals surface area contributed by atoms with E-state index in [0.717, 1.165) is 6.42 Å². The molecule has 2 unspecified atom stereocenters. The number of ether oxygens (including phenoxy) is 1. The number of ketones is 1. The summed E-state index contributed by atoms with van der Waals surface area (Å²) in [6, 6.07) is 7.60. The van der Waals surface area contributed by atoms with E-state index in [1.165, 1.54) is 12.7 Å². The highest BCUT2D eigenvalue weighted by Crippen LogP contribution is 2.41. The van der Waals surface area contributed by atoms with Gasteiger partial charge < -0.3 is 4.74 Å². The Hall–Kier alpha value is -1.64. The van der Waals surface area contributed by atoms with Gasteiger partial charge in [-0.05, 0) is 18.4 Å². The van der Waals surface area contributed by atoms with Crippen LogP contribution in [0.25, 0.3) is 0 Å². The van der Waals surface area contributed by atoms with Gasteiger partial charge in [0.15, 0.2) is 5.78 Å². The molecule has 0 N–H and O–H groups in total. The molecule has 0 spiro atoms. The molecule has 1 aromatic carbocycles. The summed E-state index contributed by atoms with van der Waals surface area (Å²) in [5.74, 6) is -0.607. The Morgan fingerprint density at radius 2 is 1.88 bits per heavy atom. The maximum absolute atomic E-state index is 12.0. The third-order valence-corrected chi connectivity index (χ3v) is 3.28. The molecule has 1 aliphatic rings. The maximum atomic E-state index is 12.0. The van der Waals surface area contributed by atoms with Gasteiger partial charge in [0.25, 0.3) is 0 Å². The van der Waals surface area contributed by atoms with Crippen LogP contribution in [0.2, 0.25) is 0 Å². The minimum atomic E-state index is -0.270. The first-order valence-electron chi connectivity index (χ1n) is 5.88. The first-order chi connectivity index (χ1) is 8.17. The zero-order valence-electron chi connectivity index (χ0n) is 10.1. The Labute approximate surface area is 101 Å². The summed E-state index contributed by atoms with van der Waals surface area (Å²) < 4.78 is 4.64. The Kier molecular flexibility index (Phi) is 3.27. The summed E-state index contributed by atoms with van der Waals surface area (Å²) in [6.07, 6.45) is 1.59. The number of carbonyl (C=O) groups excluding carboxylic acids is 2. The SMILES string of the molecule is CCc1ccc(C(=O)C2CC2C(=O)OC)cc1. The van der Waals surface area contributed by atoms with E-state index in [4.69, 9.17) is 0 Å². The number of rotatable bonds is 4. The number of Topliss-reactive ketones (excluding diaryl/α,β-unsaturated/α-hetero) is 1. The van der Waals surface area contributed by atoms with Crippen LogP contribution in [0.5, 0.6) is 0 Å². The molecule has 2 atom stereocenters. The lowest BCUT2D eigenvalue weighted by atomic mass is 10.0. The van der Waals surface area contributed by atoms with E-state index in [9.17, 15) is 9.59 Å². The second-order valence-electron chi connectivity index (χ2n) is 4.39. The molecule has 0 aromatic heterocycles. The van der Waals surface area contributed by atoms with E-state index < -0.39 is 0 Å². The predicted octanol–water partition coefficient (Wildman–Crippen LogP) is 2.24. The van der Waals surface area contributed by atoms with Crippen LogP contribution in [0.4, 0.5) is 0 Å². The van der Waals surface area contributed by atoms with Crippen molar-refractivity contribution in [2.45, 2.75) is 19.8 Å². The van der Waals surface area contributed by atoms with Gasteiger partial charge in [0, 0.05) is 11.5 Å². The molecule has 1 aromatic rings. The largest absolute Gasteiger partial charge is 0.469 e. The molecule has 1 aliphatic carbocycles. The van der Waals surface area contributed by atoms with E-state index in [-0.39, 0.29) is 23.6 Å². The van der Waals surface area contributed by atoms with Gasteiger partial charge in [0.1, 0.15) is 0 Å². The molecular formula is C14H16O3. The quantitative estimate of drug-likeness (QED) is 0.590. The third kappa shape index (κ3) is 2.38. The van der Waals surface area contributed by atoms with Crippen molar-refractivity contribution in [3.8, 4) is 0 Å². The van der Waals surface area contributed by atoms with Crippen LogP contribution >= 0.6 is 0 Å². The summed E-state index contributed by atoms with van der Waals surface area (Å²) >= 11 is 0. The fourth-order valence-corrected chi connectivity index (χ4v) is 2.02. The van der Waals surface area contributed by atoms with Crippen molar-refractivity contribution in [1.82, 2.24) is 0 Å². The van der Waals surface area contributed by atoms with Crippen molar-refractivity contribution in [1.29, 1.82) is 0 Å². The zero-order chi connectivity index (χ0) is 12.4. The summed E-state index contributed by atoms with van der Waals surface area (Å²) in [6.45, 7) is 2.07. The molecule has 90 valence electrons. The van der Waals surface area contributed by atoms with E-state index in [2.05, 4.69) is 11.7 Å². The molecule has 0 aliphatic heterocycles. The van der Waals surface area contributed by atoms with Gasteiger partial charge in [0.05, 0.1) is 13.0 Å². The molecule has 2 rings (SSSR count). The minimum Gasteiger partial charge on any atom is -0.469 e. The Bertz CT molecular complexity index is 433. The van der Waals surface area contributed by atoms with E-state index in [1.54, 1.807) is 0 Å². The average molecular weight is 232 g/mol. The summed E-state index contributed by atoms with van der Waals surface area (Å²) in [4.78, 5) is 23.3. The smallest absolute Gasteiger partial charge is 0.309 e. The van der Waals surface area contributed by atoms with Gasteiger partial charge >= 0.3 is 5.97 Å². The lowest BCUT2D eigenvalue weighted by Crippen LogP contribution is -2.10. The van der Waals surface area contributed by atoms with Crippen molar-refractivity contribution in [3.63, 3.8) is 0 Å². The lowest BCUT2D eigenvalue weighted by molar-refractivity contribution is -0.142. The van der Waals surface area contributed by atoms with Crippen LogP contribution in [-0.4, -0.2) is 18.9 Å². The molecule has 0 amide bonds. The van der Waals surface area contributed by atoms with Crippen molar-refractivity contribution in [2.24, 2.45) is 11.8 Å². The molecule has 0 bridgehead atoms. The molecular weight excluding hydrogens is 216 g/mol. The number of esters is 1. The van der Waals surface area contributed by atoms with E-state index >= 15 is 0 Å². The second kappa shape index (κ2) is 4.70. The number of methoxy groups -OCH3 is 1. The highest BCUT2D eigenvalue weighted by Gasteiger charge is 2.48. The molecule has 3 heteroatoms. The Morgan fingerprint density at radius 1 is 1.24 bits per heavy atom. The zero-order valence-corrected chi connectivity index (χ0v) is 10.1. The number of hydrogen-bond donors (Lipinski definition) is 0. The number of carbonyl (C=O) groups is 2. The van der Waals surface area contributed by atoms with Crippen LogP contribution in [0.15, 0.2) is 24.3 Å². The number of aryl methyl sites for hydroxylation is 1. The summed E-state index contributed by atoms with van der Waals surface area (Å²) in [7, 11) is 1.36. The second-order valence-corrected chi connectivity index (χ2v) is 4.39. The van der Waals surface area contributed by atoms with Gasteiger partial charge in [-0.3, -0.25) is 9.59 Å². The first-order valence-corrected chi connectivity index (χ1v) is 5.88. The normalized spacial score (nSPS) is 22.0.